The predicted molar refractivity (Wildman–Crippen MR) is 121 cm³/mol. The van der Waals surface area contributed by atoms with E-state index in [1.54, 1.807) is 12.3 Å². The molecule has 2 unspecified atom stereocenters. The second kappa shape index (κ2) is 8.97. The molecular weight excluding hydrogens is 431 g/mol. The van der Waals surface area contributed by atoms with Crippen molar-refractivity contribution in [3.05, 3.63) is 52.4 Å². The molecule has 0 aromatic carbocycles. The van der Waals surface area contributed by atoms with Crippen LogP contribution in [-0.2, 0) is 17.6 Å². The third-order valence-electron chi connectivity index (χ3n) is 6.95. The lowest BCUT2D eigenvalue weighted by atomic mass is 9.85. The van der Waals surface area contributed by atoms with Crippen LogP contribution < -0.4 is 0 Å². The Hall–Kier alpha value is -2.61. The van der Waals surface area contributed by atoms with Crippen LogP contribution in [0.25, 0.3) is 6.08 Å². The minimum atomic E-state index is -4.54. The van der Waals surface area contributed by atoms with E-state index in [1.807, 2.05) is 37.9 Å². The van der Waals surface area contributed by atoms with Gasteiger partial charge in [0.05, 0.1) is 5.69 Å². The summed E-state index contributed by atoms with van der Waals surface area (Å²) in [5, 5.41) is 0. The molecule has 0 saturated heterocycles. The molecule has 2 heterocycles. The first-order chi connectivity index (χ1) is 15.6. The van der Waals surface area contributed by atoms with Gasteiger partial charge in [0.15, 0.2) is 0 Å². The van der Waals surface area contributed by atoms with Crippen molar-refractivity contribution in [2.75, 3.05) is 26.7 Å². The quantitative estimate of drug-likeness (QED) is 0.659. The molecule has 33 heavy (non-hydrogen) atoms. The monoisotopic (exact) mass is 461 g/mol. The van der Waals surface area contributed by atoms with Gasteiger partial charge in [-0.3, -0.25) is 19.1 Å². The Morgan fingerprint density at radius 2 is 1.94 bits per heavy atom. The van der Waals surface area contributed by atoms with Gasteiger partial charge in [0.25, 0.3) is 0 Å². The third kappa shape index (κ3) is 4.71. The van der Waals surface area contributed by atoms with Gasteiger partial charge in [-0.15, -0.1) is 0 Å². The molecule has 0 N–H and O–H groups in total. The minimum absolute atomic E-state index is 0.0604. The van der Waals surface area contributed by atoms with E-state index in [9.17, 15) is 22.8 Å². The van der Waals surface area contributed by atoms with Crippen molar-refractivity contribution in [3.8, 4) is 0 Å². The standard InChI is InChI=1S/C25H30F3N3O2/c1-4-30(5-2)23(32)10-16-9-19-17-7-6-8-21-20(11-17)18(12-22(19)29(3)14-16)15-31(21)24(33)13-25(26,27)28/h6-9,15-16,22H,4-5,10-14H2,1-3H3. The van der Waals surface area contributed by atoms with Crippen LogP contribution in [0.2, 0.25) is 0 Å². The maximum absolute atomic E-state index is 12.9. The molecule has 0 spiro atoms. The van der Waals surface area contributed by atoms with E-state index in [0.29, 0.717) is 38.0 Å². The summed E-state index contributed by atoms with van der Waals surface area (Å²) < 4.78 is 39.7. The highest BCUT2D eigenvalue weighted by molar-refractivity contribution is 5.84. The van der Waals surface area contributed by atoms with E-state index < -0.39 is 18.5 Å². The van der Waals surface area contributed by atoms with Crippen molar-refractivity contribution in [2.45, 2.75) is 51.7 Å². The number of rotatable bonds is 5. The van der Waals surface area contributed by atoms with Crippen LogP contribution in [0.4, 0.5) is 13.2 Å². The lowest BCUT2D eigenvalue weighted by molar-refractivity contribution is -0.131. The summed E-state index contributed by atoms with van der Waals surface area (Å²) in [5.74, 6) is -0.699. The maximum atomic E-state index is 12.9. The lowest BCUT2D eigenvalue weighted by Crippen LogP contribution is -2.43. The fraction of sp³-hybridized carbons (Fsp3) is 0.520. The van der Waals surface area contributed by atoms with E-state index in [2.05, 4.69) is 11.0 Å². The number of carbonyl (C=O) groups excluding carboxylic acids is 2. The molecule has 8 heteroatoms. The second-order valence-corrected chi connectivity index (χ2v) is 9.11. The molecule has 1 aromatic rings. The number of hydrogen-bond acceptors (Lipinski definition) is 3. The molecule has 1 aromatic heterocycles. The summed E-state index contributed by atoms with van der Waals surface area (Å²) in [4.78, 5) is 29.2. The number of likely N-dealkylation sites (N-methyl/N-ethyl adjacent to an activating group) is 1. The lowest BCUT2D eigenvalue weighted by Gasteiger charge is -2.37. The van der Waals surface area contributed by atoms with Crippen molar-refractivity contribution in [2.24, 2.45) is 5.92 Å². The minimum Gasteiger partial charge on any atom is -0.343 e. The summed E-state index contributed by atoms with van der Waals surface area (Å²) in [6.07, 6.45) is 5.00. The average molecular weight is 462 g/mol. The van der Waals surface area contributed by atoms with Crippen LogP contribution in [0.3, 0.4) is 0 Å². The van der Waals surface area contributed by atoms with Gasteiger partial charge >= 0.3 is 6.18 Å². The first-order valence-corrected chi connectivity index (χ1v) is 11.5. The van der Waals surface area contributed by atoms with Crippen LogP contribution in [0.15, 0.2) is 35.6 Å². The van der Waals surface area contributed by atoms with Gasteiger partial charge in [0, 0.05) is 44.7 Å². The first-order valence-electron chi connectivity index (χ1n) is 11.5. The van der Waals surface area contributed by atoms with Crippen molar-refractivity contribution in [3.63, 3.8) is 0 Å². The van der Waals surface area contributed by atoms with E-state index in [0.717, 1.165) is 23.2 Å². The van der Waals surface area contributed by atoms with Crippen molar-refractivity contribution in [1.29, 1.82) is 0 Å². The number of allylic oxidation sites excluding steroid dienone is 2. The summed E-state index contributed by atoms with van der Waals surface area (Å²) in [7, 11) is 2.03. The third-order valence-corrected chi connectivity index (χ3v) is 6.95. The van der Waals surface area contributed by atoms with Crippen LogP contribution >= 0.6 is 0 Å². The molecule has 2 bridgehead atoms. The van der Waals surface area contributed by atoms with Gasteiger partial charge < -0.3 is 4.90 Å². The van der Waals surface area contributed by atoms with Gasteiger partial charge in [-0.05, 0) is 61.6 Å². The fourth-order valence-electron chi connectivity index (χ4n) is 5.34. The van der Waals surface area contributed by atoms with Crippen molar-refractivity contribution >= 4 is 17.9 Å². The molecule has 178 valence electrons. The molecule has 3 aliphatic rings. The Bertz CT molecular complexity index is 1040. The number of amides is 1. The number of alkyl halides is 3. The fourth-order valence-corrected chi connectivity index (χ4v) is 5.34. The molecule has 4 rings (SSSR count). The molecule has 0 fully saturated rings. The zero-order valence-corrected chi connectivity index (χ0v) is 19.3. The molecule has 0 saturated carbocycles. The Kier molecular flexibility index (Phi) is 6.40. The molecule has 0 radical (unpaired) electrons. The van der Waals surface area contributed by atoms with E-state index >= 15 is 0 Å². The average Bonchev–Trinajstić information content (AvgIpc) is 2.87. The van der Waals surface area contributed by atoms with Gasteiger partial charge in [0.2, 0.25) is 11.8 Å². The highest BCUT2D eigenvalue weighted by Gasteiger charge is 2.37. The number of nitrogens with zero attached hydrogens (tertiary/aromatic N) is 3. The number of hydrogen-bond donors (Lipinski definition) is 0. The summed E-state index contributed by atoms with van der Waals surface area (Å²) in [5.41, 5.74) is 4.66. The van der Waals surface area contributed by atoms with E-state index in [-0.39, 0.29) is 17.9 Å². The summed E-state index contributed by atoms with van der Waals surface area (Å²) in [6.45, 7) is 6.10. The largest absolute Gasteiger partial charge is 0.397 e. The van der Waals surface area contributed by atoms with E-state index in [1.165, 1.54) is 10.1 Å². The zero-order chi connectivity index (χ0) is 23.9. The van der Waals surface area contributed by atoms with Crippen LogP contribution in [-0.4, -0.2) is 65.1 Å². The molecule has 2 atom stereocenters. The zero-order valence-electron chi connectivity index (χ0n) is 19.3. The highest BCUT2D eigenvalue weighted by Crippen LogP contribution is 2.39. The van der Waals surface area contributed by atoms with Crippen LogP contribution in [0.1, 0.15) is 48.3 Å². The molecule has 1 amide bonds. The Morgan fingerprint density at radius 1 is 1.21 bits per heavy atom. The maximum Gasteiger partial charge on any atom is 0.397 e. The van der Waals surface area contributed by atoms with Crippen molar-refractivity contribution in [1.82, 2.24) is 14.4 Å². The normalized spacial score (nSPS) is 22.1. The number of halogens is 3. The highest BCUT2D eigenvalue weighted by atomic mass is 19.4. The Balaban J connectivity index is 1.65. The van der Waals surface area contributed by atoms with Crippen molar-refractivity contribution < 1.29 is 22.8 Å². The topological polar surface area (TPSA) is 45.6 Å². The summed E-state index contributed by atoms with van der Waals surface area (Å²) in [6, 6.07) is 0.0604. The number of aromatic nitrogens is 1. The van der Waals surface area contributed by atoms with E-state index in [4.69, 9.17) is 0 Å². The molecule has 2 aliphatic carbocycles. The molecule has 5 nitrogen and oxygen atoms in total. The van der Waals surface area contributed by atoms with Gasteiger partial charge in [-0.1, -0.05) is 18.2 Å². The van der Waals surface area contributed by atoms with Crippen LogP contribution in [0, 0.1) is 5.92 Å². The predicted octanol–water partition coefficient (Wildman–Crippen LogP) is 4.25. The Labute approximate surface area is 192 Å². The SMILES string of the molecule is CCN(CC)C(=O)CC1C=C2C3=CC=Cc4c(c(cn4C(=O)CC(F)(F)F)CC2N(C)C1)C3. The van der Waals surface area contributed by atoms with Gasteiger partial charge in [0.1, 0.15) is 6.42 Å². The molecule has 1 aliphatic heterocycles. The number of carbonyl (C=O) groups is 2. The number of fused-ring (bicyclic) bond motifs is 3. The second-order valence-electron chi connectivity index (χ2n) is 9.11. The smallest absolute Gasteiger partial charge is 0.343 e. The molecular formula is C25H30F3N3O2. The van der Waals surface area contributed by atoms with Gasteiger partial charge in [-0.25, -0.2) is 0 Å². The first kappa shape index (κ1) is 23.5. The Morgan fingerprint density at radius 3 is 2.61 bits per heavy atom. The summed E-state index contributed by atoms with van der Waals surface area (Å²) >= 11 is 0. The van der Waals surface area contributed by atoms with Crippen LogP contribution in [0.5, 0.6) is 0 Å². The van der Waals surface area contributed by atoms with Gasteiger partial charge in [-0.2, -0.15) is 13.2 Å².